The second kappa shape index (κ2) is 9.06. The van der Waals surface area contributed by atoms with Crippen LogP contribution in [0.2, 0.25) is 5.02 Å². The number of hydrogen-bond acceptors (Lipinski definition) is 4. The van der Waals surface area contributed by atoms with Crippen LogP contribution in [-0.4, -0.2) is 55.2 Å². The van der Waals surface area contributed by atoms with Gasteiger partial charge in [-0.3, -0.25) is 14.1 Å². The van der Waals surface area contributed by atoms with E-state index < -0.39 is 0 Å². The van der Waals surface area contributed by atoms with Crippen molar-refractivity contribution in [2.24, 2.45) is 0 Å². The van der Waals surface area contributed by atoms with E-state index in [2.05, 4.69) is 14.8 Å². The molecule has 178 valence electrons. The number of aromatic nitrogens is 3. The van der Waals surface area contributed by atoms with Crippen LogP contribution in [0.5, 0.6) is 0 Å². The molecule has 8 heteroatoms. The molecule has 2 aliphatic rings. The van der Waals surface area contributed by atoms with Crippen molar-refractivity contribution in [1.29, 1.82) is 0 Å². The lowest BCUT2D eigenvalue weighted by Gasteiger charge is -2.41. The Morgan fingerprint density at radius 1 is 1.06 bits per heavy atom. The Morgan fingerprint density at radius 2 is 1.83 bits per heavy atom. The molecule has 0 aliphatic carbocycles. The van der Waals surface area contributed by atoms with Gasteiger partial charge in [0.2, 0.25) is 11.7 Å². The number of likely N-dealkylation sites (tertiary alicyclic amines) is 1. The molecular weight excluding hydrogens is 465 g/mol. The minimum atomic E-state index is -0.304. The number of rotatable bonds is 5. The number of benzene rings is 2. The van der Waals surface area contributed by atoms with Gasteiger partial charge >= 0.3 is 0 Å². The summed E-state index contributed by atoms with van der Waals surface area (Å²) in [6, 6.07) is 16.3. The Hall–Kier alpha value is -3.29. The molecule has 4 heterocycles. The van der Waals surface area contributed by atoms with Crippen LogP contribution in [0.4, 0.5) is 4.39 Å². The lowest BCUT2D eigenvalue weighted by atomic mass is 10.1. The number of halogens is 2. The molecule has 2 unspecified atom stereocenters. The first-order valence-corrected chi connectivity index (χ1v) is 12.3. The van der Waals surface area contributed by atoms with Gasteiger partial charge in [0.05, 0.1) is 17.8 Å². The molecule has 2 atom stereocenters. The van der Waals surface area contributed by atoms with Gasteiger partial charge in [0.15, 0.2) is 0 Å². The first-order chi connectivity index (χ1) is 17.0. The number of amides is 1. The number of imidazole rings is 1. The highest BCUT2D eigenvalue weighted by atomic mass is 35.5. The van der Waals surface area contributed by atoms with Gasteiger partial charge in [-0.1, -0.05) is 35.9 Å². The van der Waals surface area contributed by atoms with E-state index in [-0.39, 0.29) is 30.2 Å². The van der Waals surface area contributed by atoms with E-state index in [1.807, 2.05) is 47.0 Å². The van der Waals surface area contributed by atoms with Crippen LogP contribution in [0.1, 0.15) is 24.1 Å². The van der Waals surface area contributed by atoms with Crippen molar-refractivity contribution in [2.45, 2.75) is 37.9 Å². The molecule has 6 nitrogen and oxygen atoms in total. The normalized spacial score (nSPS) is 20.0. The lowest BCUT2D eigenvalue weighted by Crippen LogP contribution is -2.55. The zero-order valence-electron chi connectivity index (χ0n) is 19.1. The number of piperazine rings is 1. The SMILES string of the molecule is O=C(Cc1cccc(F)c1)N1C2CCC1CN(Cc1c(-c3ccc(Cl)cc3)nc3ncccn13)C2. The molecule has 2 fully saturated rings. The molecule has 35 heavy (non-hydrogen) atoms. The maximum absolute atomic E-state index is 13.6. The summed E-state index contributed by atoms with van der Waals surface area (Å²) in [6.07, 6.45) is 5.98. The second-order valence-corrected chi connectivity index (χ2v) is 9.83. The van der Waals surface area contributed by atoms with Crippen molar-refractivity contribution in [3.63, 3.8) is 0 Å². The Balaban J connectivity index is 1.23. The van der Waals surface area contributed by atoms with Crippen molar-refractivity contribution in [3.8, 4) is 11.3 Å². The molecule has 2 aromatic heterocycles. The summed E-state index contributed by atoms with van der Waals surface area (Å²) in [4.78, 5) is 26.9. The maximum Gasteiger partial charge on any atom is 0.234 e. The van der Waals surface area contributed by atoms with Gasteiger partial charge in [0.25, 0.3) is 0 Å². The molecule has 6 rings (SSSR count). The van der Waals surface area contributed by atoms with Crippen LogP contribution in [0.15, 0.2) is 67.0 Å². The summed E-state index contributed by atoms with van der Waals surface area (Å²) in [6.45, 7) is 2.32. The Labute approximate surface area is 208 Å². The number of nitrogens with zero attached hydrogens (tertiary/aromatic N) is 5. The number of carbonyl (C=O) groups excluding carboxylic acids is 1. The van der Waals surface area contributed by atoms with Gasteiger partial charge in [-0.25, -0.2) is 14.4 Å². The molecule has 0 saturated carbocycles. The number of carbonyl (C=O) groups is 1. The third-order valence-electron chi connectivity index (χ3n) is 7.08. The standard InChI is InChI=1S/C27H25ClFN5O/c28-20-7-5-19(6-8-20)26-24(33-12-2-11-30-27(33)31-26)17-32-15-22-9-10-23(16-32)34(22)25(35)14-18-3-1-4-21(29)13-18/h1-8,11-13,22-23H,9-10,14-17H2. The van der Waals surface area contributed by atoms with Crippen molar-refractivity contribution >= 4 is 23.3 Å². The van der Waals surface area contributed by atoms with Crippen LogP contribution in [-0.2, 0) is 17.8 Å². The highest BCUT2D eigenvalue weighted by Gasteiger charge is 2.42. The minimum absolute atomic E-state index is 0.0867. The van der Waals surface area contributed by atoms with Crippen LogP contribution >= 0.6 is 11.6 Å². The molecule has 1 amide bonds. The Morgan fingerprint density at radius 3 is 2.57 bits per heavy atom. The number of fused-ring (bicyclic) bond motifs is 3. The fourth-order valence-corrected chi connectivity index (χ4v) is 5.70. The molecule has 2 aliphatic heterocycles. The fraction of sp³-hybridized carbons (Fsp3) is 0.296. The van der Waals surface area contributed by atoms with Crippen molar-refractivity contribution in [3.05, 3.63) is 89.1 Å². The predicted molar refractivity (Wildman–Crippen MR) is 132 cm³/mol. The third-order valence-corrected chi connectivity index (χ3v) is 7.34. The zero-order valence-corrected chi connectivity index (χ0v) is 19.9. The number of hydrogen-bond donors (Lipinski definition) is 0. The van der Waals surface area contributed by atoms with Crippen LogP contribution in [0.25, 0.3) is 17.0 Å². The third kappa shape index (κ3) is 4.30. The molecule has 4 aromatic rings. The topological polar surface area (TPSA) is 53.7 Å². The molecule has 2 bridgehead atoms. The summed E-state index contributed by atoms with van der Waals surface area (Å²) in [7, 11) is 0. The van der Waals surface area contributed by atoms with Crippen LogP contribution in [0, 0.1) is 5.82 Å². The summed E-state index contributed by atoms with van der Waals surface area (Å²) >= 11 is 6.11. The Bertz CT molecular complexity index is 1370. The first kappa shape index (κ1) is 22.2. The summed E-state index contributed by atoms with van der Waals surface area (Å²) in [5, 5.41) is 0.688. The van der Waals surface area contributed by atoms with E-state index in [4.69, 9.17) is 16.6 Å². The van der Waals surface area contributed by atoms with Gasteiger partial charge in [0.1, 0.15) is 5.82 Å². The molecule has 0 N–H and O–H groups in total. The summed E-state index contributed by atoms with van der Waals surface area (Å²) in [5.41, 5.74) is 3.70. The van der Waals surface area contributed by atoms with Crippen molar-refractivity contribution in [2.75, 3.05) is 13.1 Å². The second-order valence-electron chi connectivity index (χ2n) is 9.39. The fourth-order valence-electron chi connectivity index (χ4n) is 5.58. The highest BCUT2D eigenvalue weighted by molar-refractivity contribution is 6.30. The van der Waals surface area contributed by atoms with Gasteiger partial charge in [-0.15, -0.1) is 0 Å². The van der Waals surface area contributed by atoms with E-state index in [1.54, 1.807) is 12.3 Å². The first-order valence-electron chi connectivity index (χ1n) is 11.9. The lowest BCUT2D eigenvalue weighted by molar-refractivity contribution is -0.136. The van der Waals surface area contributed by atoms with E-state index in [1.165, 1.54) is 12.1 Å². The monoisotopic (exact) mass is 489 g/mol. The van der Waals surface area contributed by atoms with E-state index >= 15 is 0 Å². The summed E-state index contributed by atoms with van der Waals surface area (Å²) < 4.78 is 15.6. The average molecular weight is 490 g/mol. The molecule has 2 aromatic carbocycles. The van der Waals surface area contributed by atoms with Crippen molar-refractivity contribution in [1.82, 2.24) is 24.2 Å². The summed E-state index contributed by atoms with van der Waals surface area (Å²) in [5.74, 6) is 0.449. The van der Waals surface area contributed by atoms with Gasteiger partial charge in [0, 0.05) is 54.7 Å². The van der Waals surface area contributed by atoms with Gasteiger partial charge in [-0.05, 0) is 48.7 Å². The van der Waals surface area contributed by atoms with E-state index in [0.717, 1.165) is 48.4 Å². The Kier molecular flexibility index (Phi) is 5.74. The van der Waals surface area contributed by atoms with Gasteiger partial charge in [-0.2, -0.15) is 0 Å². The average Bonchev–Trinajstić information content (AvgIpc) is 3.34. The van der Waals surface area contributed by atoms with E-state index in [0.29, 0.717) is 17.3 Å². The molecular formula is C27H25ClFN5O. The zero-order chi connectivity index (χ0) is 23.9. The van der Waals surface area contributed by atoms with Gasteiger partial charge < -0.3 is 4.90 Å². The predicted octanol–water partition coefficient (Wildman–Crippen LogP) is 4.61. The molecule has 0 radical (unpaired) electrons. The molecule has 0 spiro atoms. The van der Waals surface area contributed by atoms with Crippen LogP contribution in [0.3, 0.4) is 0 Å². The van der Waals surface area contributed by atoms with E-state index in [9.17, 15) is 9.18 Å². The largest absolute Gasteiger partial charge is 0.334 e. The van der Waals surface area contributed by atoms with Crippen LogP contribution < -0.4 is 0 Å². The highest BCUT2D eigenvalue weighted by Crippen LogP contribution is 2.33. The van der Waals surface area contributed by atoms with Crippen molar-refractivity contribution < 1.29 is 9.18 Å². The maximum atomic E-state index is 13.6. The minimum Gasteiger partial charge on any atom is -0.334 e. The molecule has 2 saturated heterocycles. The quantitative estimate of drug-likeness (QED) is 0.411. The smallest absolute Gasteiger partial charge is 0.234 e.